The molecule has 1 fully saturated rings. The van der Waals surface area contributed by atoms with Gasteiger partial charge < -0.3 is 15.5 Å². The molecule has 6 nitrogen and oxygen atoms in total. The molecule has 1 saturated heterocycles. The number of benzene rings is 1. The molecule has 31 heavy (non-hydrogen) atoms. The molecule has 172 valence electrons. The smallest absolute Gasteiger partial charge is 0.191 e. The SMILES string of the molecule is CCNC(=NCc1ccccc1CN1CCN(CC)CC1)NCc1sc(C)nc1C.I. The van der Waals surface area contributed by atoms with Crippen molar-refractivity contribution in [2.75, 3.05) is 39.3 Å². The summed E-state index contributed by atoms with van der Waals surface area (Å²) in [4.78, 5) is 15.7. The first kappa shape index (κ1) is 26.0. The second-order valence-corrected chi connectivity index (χ2v) is 9.06. The van der Waals surface area contributed by atoms with Crippen LogP contribution >= 0.6 is 35.3 Å². The van der Waals surface area contributed by atoms with Gasteiger partial charge in [-0.1, -0.05) is 31.2 Å². The maximum absolute atomic E-state index is 4.87. The van der Waals surface area contributed by atoms with Gasteiger partial charge in [-0.3, -0.25) is 4.90 Å². The number of guanidine groups is 1. The van der Waals surface area contributed by atoms with E-state index in [1.165, 1.54) is 29.1 Å². The van der Waals surface area contributed by atoms with Crippen molar-refractivity contribution in [3.63, 3.8) is 0 Å². The Bertz CT molecular complexity index is 829. The Morgan fingerprint density at radius 3 is 2.32 bits per heavy atom. The molecule has 8 heteroatoms. The molecule has 0 spiro atoms. The molecule has 0 aliphatic carbocycles. The van der Waals surface area contributed by atoms with Gasteiger partial charge in [0, 0.05) is 44.1 Å². The number of aryl methyl sites for hydroxylation is 2. The minimum absolute atomic E-state index is 0. The third-order valence-corrected chi connectivity index (χ3v) is 6.67. The van der Waals surface area contributed by atoms with Crippen LogP contribution in [0.5, 0.6) is 0 Å². The molecule has 1 aliphatic rings. The summed E-state index contributed by atoms with van der Waals surface area (Å²) in [7, 11) is 0. The van der Waals surface area contributed by atoms with Crippen molar-refractivity contribution in [2.45, 2.75) is 47.3 Å². The normalized spacial score (nSPS) is 15.5. The van der Waals surface area contributed by atoms with Crippen molar-refractivity contribution in [1.29, 1.82) is 0 Å². The summed E-state index contributed by atoms with van der Waals surface area (Å²) in [5.41, 5.74) is 3.79. The Kier molecular flexibility index (Phi) is 11.2. The van der Waals surface area contributed by atoms with Crippen molar-refractivity contribution in [3.05, 3.63) is 51.0 Å². The van der Waals surface area contributed by atoms with E-state index in [9.17, 15) is 0 Å². The van der Waals surface area contributed by atoms with Gasteiger partial charge in [0.2, 0.25) is 0 Å². The Hall–Kier alpha value is -1.23. The standard InChI is InChI=1S/C23H36N6S.HI/c1-5-24-23(26-16-22-18(3)27-19(4)30-22)25-15-20-9-7-8-10-21(20)17-29-13-11-28(6-2)12-14-29;/h7-10H,5-6,11-17H2,1-4H3,(H2,24,25,26);1H. The van der Waals surface area contributed by atoms with Gasteiger partial charge >= 0.3 is 0 Å². The highest BCUT2D eigenvalue weighted by atomic mass is 127. The summed E-state index contributed by atoms with van der Waals surface area (Å²) in [6.07, 6.45) is 0. The number of aliphatic imine (C=N–C) groups is 1. The summed E-state index contributed by atoms with van der Waals surface area (Å²) in [5, 5.41) is 7.95. The number of aromatic nitrogens is 1. The van der Waals surface area contributed by atoms with Crippen LogP contribution in [0.3, 0.4) is 0 Å². The molecule has 2 N–H and O–H groups in total. The second-order valence-electron chi connectivity index (χ2n) is 7.77. The Morgan fingerprint density at radius 1 is 1.03 bits per heavy atom. The molecule has 0 atom stereocenters. The van der Waals surface area contributed by atoms with E-state index < -0.39 is 0 Å². The predicted molar refractivity (Wildman–Crippen MR) is 142 cm³/mol. The van der Waals surface area contributed by atoms with Crippen molar-refractivity contribution in [1.82, 2.24) is 25.4 Å². The first-order valence-corrected chi connectivity index (χ1v) is 11.9. The number of rotatable bonds is 8. The molecule has 1 aliphatic heterocycles. The molecule has 2 aromatic rings. The maximum Gasteiger partial charge on any atom is 0.191 e. The second kappa shape index (κ2) is 13.3. The molecular formula is C23H37IN6S. The minimum Gasteiger partial charge on any atom is -0.357 e. The zero-order chi connectivity index (χ0) is 21.3. The van der Waals surface area contributed by atoms with Crippen molar-refractivity contribution in [3.8, 4) is 0 Å². The molecule has 0 bridgehead atoms. The fraction of sp³-hybridized carbons (Fsp3) is 0.565. The molecular weight excluding hydrogens is 519 g/mol. The number of nitrogens with zero attached hydrogens (tertiary/aromatic N) is 4. The number of halogens is 1. The van der Waals surface area contributed by atoms with E-state index in [2.05, 4.69) is 77.4 Å². The summed E-state index contributed by atoms with van der Waals surface area (Å²) >= 11 is 1.75. The lowest BCUT2D eigenvalue weighted by atomic mass is 10.1. The number of piperazine rings is 1. The monoisotopic (exact) mass is 556 g/mol. The van der Waals surface area contributed by atoms with Crippen LogP contribution in [0, 0.1) is 13.8 Å². The molecule has 3 rings (SSSR count). The number of nitrogens with one attached hydrogen (secondary N) is 2. The largest absolute Gasteiger partial charge is 0.357 e. The van der Waals surface area contributed by atoms with Crippen LogP contribution in [0.2, 0.25) is 0 Å². The Labute approximate surface area is 208 Å². The van der Waals surface area contributed by atoms with E-state index in [0.717, 1.165) is 55.9 Å². The van der Waals surface area contributed by atoms with E-state index in [4.69, 9.17) is 4.99 Å². The summed E-state index contributed by atoms with van der Waals surface area (Å²) < 4.78 is 0. The number of hydrogen-bond acceptors (Lipinski definition) is 5. The molecule has 0 unspecified atom stereocenters. The van der Waals surface area contributed by atoms with E-state index in [1.807, 2.05) is 0 Å². The molecule has 1 aromatic carbocycles. The highest BCUT2D eigenvalue weighted by Crippen LogP contribution is 2.17. The summed E-state index contributed by atoms with van der Waals surface area (Å²) in [5.74, 6) is 0.856. The Morgan fingerprint density at radius 2 is 1.71 bits per heavy atom. The Balaban J connectivity index is 0.00000341. The minimum atomic E-state index is 0. The average molecular weight is 557 g/mol. The average Bonchev–Trinajstić information content (AvgIpc) is 3.08. The predicted octanol–water partition coefficient (Wildman–Crippen LogP) is 3.77. The third-order valence-electron chi connectivity index (χ3n) is 5.59. The first-order chi connectivity index (χ1) is 14.6. The van der Waals surface area contributed by atoms with Crippen molar-refractivity contribution >= 4 is 41.3 Å². The highest BCUT2D eigenvalue weighted by molar-refractivity contribution is 14.0. The topological polar surface area (TPSA) is 55.8 Å². The van der Waals surface area contributed by atoms with E-state index in [0.29, 0.717) is 6.54 Å². The van der Waals surface area contributed by atoms with E-state index >= 15 is 0 Å². The summed E-state index contributed by atoms with van der Waals surface area (Å²) in [6, 6.07) is 8.72. The third kappa shape index (κ3) is 8.00. The van der Waals surface area contributed by atoms with Gasteiger partial charge in [-0.2, -0.15) is 0 Å². The number of likely N-dealkylation sites (N-methyl/N-ethyl adjacent to an activating group) is 1. The van der Waals surface area contributed by atoms with Crippen molar-refractivity contribution in [2.24, 2.45) is 4.99 Å². The van der Waals surface area contributed by atoms with Gasteiger partial charge in [-0.05, 0) is 38.4 Å². The first-order valence-electron chi connectivity index (χ1n) is 11.1. The van der Waals surface area contributed by atoms with Gasteiger partial charge in [-0.15, -0.1) is 35.3 Å². The molecule has 0 amide bonds. The van der Waals surface area contributed by atoms with E-state index in [-0.39, 0.29) is 24.0 Å². The van der Waals surface area contributed by atoms with Gasteiger partial charge in [0.25, 0.3) is 0 Å². The lowest BCUT2D eigenvalue weighted by molar-refractivity contribution is 0.131. The lowest BCUT2D eigenvalue weighted by Gasteiger charge is -2.34. The lowest BCUT2D eigenvalue weighted by Crippen LogP contribution is -2.45. The fourth-order valence-electron chi connectivity index (χ4n) is 3.78. The quantitative estimate of drug-likeness (QED) is 0.295. The van der Waals surface area contributed by atoms with Gasteiger partial charge in [-0.25, -0.2) is 9.98 Å². The zero-order valence-corrected chi connectivity index (χ0v) is 22.4. The zero-order valence-electron chi connectivity index (χ0n) is 19.3. The van der Waals surface area contributed by atoms with Gasteiger partial charge in [0.05, 0.1) is 23.8 Å². The number of hydrogen-bond donors (Lipinski definition) is 2. The van der Waals surface area contributed by atoms with Crippen LogP contribution in [0.4, 0.5) is 0 Å². The molecule has 1 aromatic heterocycles. The number of thiazole rings is 1. The van der Waals surface area contributed by atoms with Crippen molar-refractivity contribution < 1.29 is 0 Å². The van der Waals surface area contributed by atoms with Crippen LogP contribution in [0.25, 0.3) is 0 Å². The molecule has 0 radical (unpaired) electrons. The fourth-order valence-corrected chi connectivity index (χ4v) is 4.65. The van der Waals surface area contributed by atoms with Crippen LogP contribution < -0.4 is 10.6 Å². The van der Waals surface area contributed by atoms with E-state index in [1.54, 1.807) is 11.3 Å². The van der Waals surface area contributed by atoms with Crippen LogP contribution in [-0.4, -0.2) is 60.0 Å². The van der Waals surface area contributed by atoms with Crippen LogP contribution in [-0.2, 0) is 19.6 Å². The van der Waals surface area contributed by atoms with Gasteiger partial charge in [0.15, 0.2) is 5.96 Å². The highest BCUT2D eigenvalue weighted by Gasteiger charge is 2.16. The van der Waals surface area contributed by atoms with Crippen LogP contribution in [0.1, 0.15) is 40.6 Å². The van der Waals surface area contributed by atoms with Crippen LogP contribution in [0.15, 0.2) is 29.3 Å². The summed E-state index contributed by atoms with van der Waals surface area (Å²) in [6.45, 7) is 17.5. The molecule has 2 heterocycles. The molecule has 0 saturated carbocycles. The maximum atomic E-state index is 4.87. The van der Waals surface area contributed by atoms with Gasteiger partial charge in [0.1, 0.15) is 0 Å².